The van der Waals surface area contributed by atoms with Gasteiger partial charge in [-0.05, 0) is 51.2 Å². The van der Waals surface area contributed by atoms with Gasteiger partial charge in [0.05, 0.1) is 38.7 Å². The van der Waals surface area contributed by atoms with Crippen LogP contribution >= 0.6 is 22.7 Å². The van der Waals surface area contributed by atoms with Crippen molar-refractivity contribution in [3.8, 4) is 10.6 Å². The van der Waals surface area contributed by atoms with Gasteiger partial charge in [0.1, 0.15) is 10.8 Å². The summed E-state index contributed by atoms with van der Waals surface area (Å²) in [6, 6.07) is 8.45. The molecule has 1 saturated carbocycles. The zero-order valence-electron chi connectivity index (χ0n) is 18.1. The summed E-state index contributed by atoms with van der Waals surface area (Å²) in [5, 5.41) is 20.6. The fraction of sp³-hybridized carbons (Fsp3) is 0.391. The number of anilines is 2. The van der Waals surface area contributed by atoms with Gasteiger partial charge in [-0.3, -0.25) is 0 Å². The molecule has 5 rings (SSSR count). The summed E-state index contributed by atoms with van der Waals surface area (Å²) in [5.41, 5.74) is 3.81. The second-order valence-electron chi connectivity index (χ2n) is 8.26. The number of thiazole rings is 2. The molecule has 3 aromatic heterocycles. The largest absolute Gasteiger partial charge is 0.396 e. The highest BCUT2D eigenvalue weighted by Crippen LogP contribution is 2.37. The van der Waals surface area contributed by atoms with Gasteiger partial charge in [0.2, 0.25) is 5.95 Å². The van der Waals surface area contributed by atoms with Crippen LogP contribution in [-0.4, -0.2) is 37.7 Å². The number of hydrogen-bond donors (Lipinski definition) is 3. The number of aryl methyl sites for hydroxylation is 2. The highest BCUT2D eigenvalue weighted by atomic mass is 32.1. The van der Waals surface area contributed by atoms with E-state index >= 15 is 0 Å². The number of nitrogens with zero attached hydrogens (tertiary/aromatic N) is 4. The van der Waals surface area contributed by atoms with Crippen molar-refractivity contribution in [3.63, 3.8) is 0 Å². The van der Waals surface area contributed by atoms with E-state index in [1.165, 1.54) is 0 Å². The third-order valence-corrected chi connectivity index (χ3v) is 7.71. The van der Waals surface area contributed by atoms with Crippen LogP contribution in [0.15, 0.2) is 29.6 Å². The van der Waals surface area contributed by atoms with Crippen molar-refractivity contribution in [2.24, 2.45) is 5.92 Å². The summed E-state index contributed by atoms with van der Waals surface area (Å²) in [6.45, 7) is 4.84. The van der Waals surface area contributed by atoms with Gasteiger partial charge in [0, 0.05) is 18.0 Å². The zero-order chi connectivity index (χ0) is 22.1. The number of hydrogen-bond acceptors (Lipinski definition) is 9. The van der Waals surface area contributed by atoms with E-state index in [1.807, 2.05) is 32.0 Å². The molecule has 166 valence electrons. The van der Waals surface area contributed by atoms with E-state index in [2.05, 4.69) is 27.1 Å². The molecule has 1 aliphatic carbocycles. The van der Waals surface area contributed by atoms with Gasteiger partial charge in [-0.15, -0.1) is 22.7 Å². The van der Waals surface area contributed by atoms with Gasteiger partial charge in [0.15, 0.2) is 0 Å². The van der Waals surface area contributed by atoms with Crippen LogP contribution in [0.1, 0.15) is 35.7 Å². The third kappa shape index (κ3) is 4.46. The van der Waals surface area contributed by atoms with Crippen molar-refractivity contribution in [2.45, 2.75) is 45.7 Å². The number of aromatic nitrogens is 4. The van der Waals surface area contributed by atoms with Crippen LogP contribution in [0.2, 0.25) is 0 Å². The molecule has 7 nitrogen and oxygen atoms in total. The van der Waals surface area contributed by atoms with E-state index in [1.54, 1.807) is 22.7 Å². The Labute approximate surface area is 195 Å². The summed E-state index contributed by atoms with van der Waals surface area (Å²) >= 11 is 3.30. The van der Waals surface area contributed by atoms with Crippen molar-refractivity contribution in [3.05, 3.63) is 46.0 Å². The predicted molar refractivity (Wildman–Crippen MR) is 131 cm³/mol. The van der Waals surface area contributed by atoms with E-state index in [4.69, 9.17) is 15.0 Å². The minimum atomic E-state index is 0.242. The lowest BCUT2D eigenvalue weighted by molar-refractivity contribution is 0.229. The zero-order valence-corrected chi connectivity index (χ0v) is 19.8. The Kier molecular flexibility index (Phi) is 6.03. The number of para-hydroxylation sites is 1. The average Bonchev–Trinajstić information content (AvgIpc) is 3.51. The molecule has 0 spiro atoms. The first-order valence-electron chi connectivity index (χ1n) is 10.9. The van der Waals surface area contributed by atoms with Crippen LogP contribution in [-0.2, 0) is 6.54 Å². The number of benzene rings is 1. The van der Waals surface area contributed by atoms with E-state index in [0.29, 0.717) is 18.4 Å². The Hall–Kier alpha value is -2.62. The molecule has 4 aromatic rings. The Morgan fingerprint density at radius 3 is 2.72 bits per heavy atom. The molecule has 3 N–H and O–H groups in total. The SMILES string of the molecule is Cc1nc(CNc2nc(C)c(-c3nc4ccccc4s3)c(NC3CCC(CO)C3)n2)cs1. The molecular formula is C23H26N6OS2. The molecule has 0 aliphatic heterocycles. The topological polar surface area (TPSA) is 95.9 Å². The van der Waals surface area contributed by atoms with E-state index in [9.17, 15) is 5.11 Å². The second-order valence-corrected chi connectivity index (χ2v) is 10.4. The molecule has 0 amide bonds. The van der Waals surface area contributed by atoms with Gasteiger partial charge in [-0.25, -0.2) is 15.0 Å². The van der Waals surface area contributed by atoms with Crippen LogP contribution in [0.4, 0.5) is 11.8 Å². The minimum absolute atomic E-state index is 0.242. The third-order valence-electron chi connectivity index (χ3n) is 5.83. The lowest BCUT2D eigenvalue weighted by atomic mass is 10.1. The van der Waals surface area contributed by atoms with Crippen LogP contribution in [0, 0.1) is 19.8 Å². The van der Waals surface area contributed by atoms with E-state index < -0.39 is 0 Å². The standard InChI is InChI=1S/C23H26N6OS2/c1-13-20(22-28-18-5-3-4-6-19(18)32-22)21(27-16-8-7-15(9-16)11-30)29-23(25-13)24-10-17-12-31-14(2)26-17/h3-6,12,15-16,30H,7-11H2,1-2H3,(H2,24,25,27,29). The summed E-state index contributed by atoms with van der Waals surface area (Å²) in [5.74, 6) is 1.74. The molecule has 2 unspecified atom stereocenters. The van der Waals surface area contributed by atoms with Crippen molar-refractivity contribution < 1.29 is 5.11 Å². The molecule has 32 heavy (non-hydrogen) atoms. The normalized spacial score (nSPS) is 18.3. The predicted octanol–water partition coefficient (Wildman–Crippen LogP) is 5.01. The lowest BCUT2D eigenvalue weighted by Crippen LogP contribution is -2.19. The first-order chi connectivity index (χ1) is 15.6. The summed E-state index contributed by atoms with van der Waals surface area (Å²) < 4.78 is 1.15. The molecular weight excluding hydrogens is 440 g/mol. The van der Waals surface area contributed by atoms with Crippen LogP contribution in [0.3, 0.4) is 0 Å². The Morgan fingerprint density at radius 1 is 1.09 bits per heavy atom. The second kappa shape index (κ2) is 9.09. The monoisotopic (exact) mass is 466 g/mol. The number of aliphatic hydroxyl groups excluding tert-OH is 1. The number of fused-ring (bicyclic) bond motifs is 1. The molecule has 1 aromatic carbocycles. The molecule has 0 saturated heterocycles. The Bertz CT molecular complexity index is 1200. The van der Waals surface area contributed by atoms with Crippen molar-refractivity contribution >= 4 is 44.7 Å². The molecule has 2 atom stereocenters. The minimum Gasteiger partial charge on any atom is -0.396 e. The number of rotatable bonds is 7. The molecule has 0 bridgehead atoms. The fourth-order valence-electron chi connectivity index (χ4n) is 4.22. The summed E-state index contributed by atoms with van der Waals surface area (Å²) in [6.07, 6.45) is 3.00. The maximum Gasteiger partial charge on any atom is 0.225 e. The first kappa shape index (κ1) is 21.2. The molecule has 1 aliphatic rings. The maximum absolute atomic E-state index is 9.55. The van der Waals surface area contributed by atoms with E-state index in [0.717, 1.165) is 62.3 Å². The quantitative estimate of drug-likeness (QED) is 0.352. The number of nitrogens with one attached hydrogen (secondary N) is 2. The Morgan fingerprint density at radius 2 is 1.97 bits per heavy atom. The van der Waals surface area contributed by atoms with E-state index in [-0.39, 0.29) is 12.6 Å². The molecule has 3 heterocycles. The summed E-state index contributed by atoms with van der Waals surface area (Å²) in [7, 11) is 0. The Balaban J connectivity index is 1.49. The average molecular weight is 467 g/mol. The van der Waals surface area contributed by atoms with Gasteiger partial charge in [0.25, 0.3) is 0 Å². The summed E-state index contributed by atoms with van der Waals surface area (Å²) in [4.78, 5) is 19.0. The van der Waals surface area contributed by atoms with Crippen LogP contribution in [0.5, 0.6) is 0 Å². The van der Waals surface area contributed by atoms with Crippen LogP contribution < -0.4 is 10.6 Å². The lowest BCUT2D eigenvalue weighted by Gasteiger charge is -2.18. The maximum atomic E-state index is 9.55. The van der Waals surface area contributed by atoms with Gasteiger partial charge >= 0.3 is 0 Å². The highest BCUT2D eigenvalue weighted by Gasteiger charge is 2.26. The van der Waals surface area contributed by atoms with Crippen LogP contribution in [0.25, 0.3) is 20.8 Å². The van der Waals surface area contributed by atoms with Crippen molar-refractivity contribution in [1.82, 2.24) is 19.9 Å². The highest BCUT2D eigenvalue weighted by molar-refractivity contribution is 7.21. The van der Waals surface area contributed by atoms with Gasteiger partial charge in [-0.1, -0.05) is 12.1 Å². The van der Waals surface area contributed by atoms with Gasteiger partial charge in [-0.2, -0.15) is 4.98 Å². The number of aliphatic hydroxyl groups is 1. The van der Waals surface area contributed by atoms with Gasteiger partial charge < -0.3 is 15.7 Å². The molecule has 0 radical (unpaired) electrons. The molecule has 1 fully saturated rings. The first-order valence-corrected chi connectivity index (χ1v) is 12.6. The molecule has 9 heteroatoms. The fourth-order valence-corrected chi connectivity index (χ4v) is 5.89. The van der Waals surface area contributed by atoms with Crippen molar-refractivity contribution in [2.75, 3.05) is 17.2 Å². The van der Waals surface area contributed by atoms with Crippen molar-refractivity contribution in [1.29, 1.82) is 0 Å². The smallest absolute Gasteiger partial charge is 0.225 e.